The molecule has 34 heavy (non-hydrogen) atoms. The van der Waals surface area contributed by atoms with Crippen LogP contribution in [0.15, 0.2) is 88.7 Å². The Morgan fingerprint density at radius 2 is 1.59 bits per heavy atom. The number of aryl methyl sites for hydroxylation is 1. The van der Waals surface area contributed by atoms with Crippen LogP contribution in [0, 0.1) is 17.0 Å². The van der Waals surface area contributed by atoms with Crippen molar-refractivity contribution in [3.05, 3.63) is 111 Å². The summed E-state index contributed by atoms with van der Waals surface area (Å²) < 4.78 is 38.8. The lowest BCUT2D eigenvalue weighted by molar-refractivity contribution is -0.384. The first-order valence-electron chi connectivity index (χ1n) is 10.3. The smallest absolute Gasteiger partial charge is 0.348 e. The molecule has 1 heterocycles. The predicted molar refractivity (Wildman–Crippen MR) is 124 cm³/mol. The molecule has 3 aromatic rings. The molecule has 0 aliphatic carbocycles. The van der Waals surface area contributed by atoms with Crippen molar-refractivity contribution in [2.75, 3.05) is 7.11 Å². The summed E-state index contributed by atoms with van der Waals surface area (Å²) in [6.07, 6.45) is -1.29. The fourth-order valence-electron chi connectivity index (χ4n) is 3.90. The van der Waals surface area contributed by atoms with Crippen molar-refractivity contribution in [3.8, 4) is 0 Å². The maximum Gasteiger partial charge on any atom is 0.348 e. The molecule has 0 saturated carbocycles. The van der Waals surface area contributed by atoms with Gasteiger partial charge >= 0.3 is 5.97 Å². The Hall–Kier alpha value is -3.98. The molecule has 3 aromatic carbocycles. The number of non-ortho nitro benzene ring substituents is 1. The molecule has 174 valence electrons. The van der Waals surface area contributed by atoms with Gasteiger partial charge in [0.05, 0.1) is 22.8 Å². The first-order valence-corrected chi connectivity index (χ1v) is 11.8. The van der Waals surface area contributed by atoms with Crippen molar-refractivity contribution < 1.29 is 27.6 Å². The summed E-state index contributed by atoms with van der Waals surface area (Å²) in [4.78, 5) is 23.2. The minimum absolute atomic E-state index is 0.0416. The molecule has 8 nitrogen and oxygen atoms in total. The quantitative estimate of drug-likeness (QED) is 0.292. The SMILES string of the molecule is COC(=O)[C@H]1OC(c2ccccc2)=C(S(=O)(=O)c2ccc(C)cc2)[C@@H]1c1ccc([N+](=O)[O-])cc1. The van der Waals surface area contributed by atoms with Crippen molar-refractivity contribution in [3.63, 3.8) is 0 Å². The highest BCUT2D eigenvalue weighted by Gasteiger charge is 2.49. The van der Waals surface area contributed by atoms with Crippen LogP contribution in [0.5, 0.6) is 0 Å². The Morgan fingerprint density at radius 3 is 2.15 bits per heavy atom. The van der Waals surface area contributed by atoms with E-state index in [1.807, 2.05) is 6.92 Å². The number of hydrogen-bond acceptors (Lipinski definition) is 7. The Balaban J connectivity index is 1.98. The second-order valence-corrected chi connectivity index (χ2v) is 9.68. The zero-order chi connectivity index (χ0) is 24.5. The van der Waals surface area contributed by atoms with Gasteiger partial charge in [0, 0.05) is 17.7 Å². The van der Waals surface area contributed by atoms with Gasteiger partial charge in [0.25, 0.3) is 5.69 Å². The van der Waals surface area contributed by atoms with Gasteiger partial charge in [-0.05, 0) is 24.6 Å². The summed E-state index contributed by atoms with van der Waals surface area (Å²) in [5, 5.41) is 11.1. The van der Waals surface area contributed by atoms with Crippen molar-refractivity contribution >= 4 is 27.3 Å². The molecule has 1 aliphatic heterocycles. The van der Waals surface area contributed by atoms with Crippen LogP contribution in [-0.4, -0.2) is 32.5 Å². The molecule has 0 bridgehead atoms. The summed E-state index contributed by atoms with van der Waals surface area (Å²) in [7, 11) is -2.95. The number of ether oxygens (including phenoxy) is 2. The van der Waals surface area contributed by atoms with Gasteiger partial charge < -0.3 is 9.47 Å². The molecular weight excluding hydrogens is 458 g/mol. The highest BCUT2D eigenvalue weighted by Crippen LogP contribution is 2.48. The van der Waals surface area contributed by atoms with Crippen molar-refractivity contribution in [2.24, 2.45) is 0 Å². The first-order chi connectivity index (χ1) is 16.2. The Morgan fingerprint density at radius 1 is 0.971 bits per heavy atom. The van der Waals surface area contributed by atoms with Gasteiger partial charge in [-0.25, -0.2) is 13.2 Å². The van der Waals surface area contributed by atoms with Crippen molar-refractivity contribution in [1.82, 2.24) is 0 Å². The van der Waals surface area contributed by atoms with Crippen LogP contribution in [0.2, 0.25) is 0 Å². The van der Waals surface area contributed by atoms with Crippen LogP contribution in [0.1, 0.15) is 22.6 Å². The van der Waals surface area contributed by atoms with Crippen molar-refractivity contribution in [2.45, 2.75) is 23.8 Å². The first kappa shape index (κ1) is 23.2. The second-order valence-electron chi connectivity index (χ2n) is 7.76. The monoisotopic (exact) mass is 479 g/mol. The number of nitrogens with zero attached hydrogens (tertiary/aromatic N) is 1. The third-order valence-electron chi connectivity index (χ3n) is 5.61. The molecule has 0 aromatic heterocycles. The average Bonchev–Trinajstić information content (AvgIpc) is 3.26. The van der Waals surface area contributed by atoms with Crippen molar-refractivity contribution in [1.29, 1.82) is 0 Å². The Labute approximate surface area is 196 Å². The number of carbonyl (C=O) groups is 1. The summed E-state index contributed by atoms with van der Waals surface area (Å²) in [6.45, 7) is 1.84. The number of sulfone groups is 1. The van der Waals surface area contributed by atoms with Gasteiger partial charge in [-0.1, -0.05) is 60.2 Å². The van der Waals surface area contributed by atoms with Crippen LogP contribution in [0.4, 0.5) is 5.69 Å². The normalized spacial score (nSPS) is 17.8. The van der Waals surface area contributed by atoms with Gasteiger partial charge in [-0.15, -0.1) is 0 Å². The van der Waals surface area contributed by atoms with Gasteiger partial charge in [-0.3, -0.25) is 10.1 Å². The molecular formula is C25H21NO7S. The fourth-order valence-corrected chi connectivity index (χ4v) is 5.65. The van der Waals surface area contributed by atoms with E-state index in [1.165, 1.54) is 43.5 Å². The van der Waals surface area contributed by atoms with Crippen LogP contribution < -0.4 is 0 Å². The summed E-state index contributed by atoms with van der Waals surface area (Å²) in [5.41, 5.74) is 1.58. The lowest BCUT2D eigenvalue weighted by Crippen LogP contribution is -2.29. The number of nitro benzene ring substituents is 1. The van der Waals surface area contributed by atoms with Gasteiger partial charge in [-0.2, -0.15) is 0 Å². The largest absolute Gasteiger partial charge is 0.476 e. The van der Waals surface area contributed by atoms with Gasteiger partial charge in [0.15, 0.2) is 0 Å². The third kappa shape index (κ3) is 4.17. The zero-order valence-electron chi connectivity index (χ0n) is 18.4. The number of hydrogen-bond donors (Lipinski definition) is 0. The Kier molecular flexibility index (Phi) is 6.21. The van der Waals surface area contributed by atoms with Crippen LogP contribution >= 0.6 is 0 Å². The summed E-state index contributed by atoms with van der Waals surface area (Å²) in [5.74, 6) is -1.79. The van der Waals surface area contributed by atoms with Crippen LogP contribution in [0.25, 0.3) is 5.76 Å². The minimum Gasteiger partial charge on any atom is -0.476 e. The van der Waals surface area contributed by atoms with E-state index in [4.69, 9.17) is 9.47 Å². The van der Waals surface area contributed by atoms with E-state index in [9.17, 15) is 23.3 Å². The van der Waals surface area contributed by atoms with Gasteiger partial charge in [0.1, 0.15) is 10.7 Å². The molecule has 0 saturated heterocycles. The molecule has 9 heteroatoms. The molecule has 0 amide bonds. The average molecular weight is 480 g/mol. The number of esters is 1. The molecule has 0 N–H and O–H groups in total. The fraction of sp³-hybridized carbons (Fsp3) is 0.160. The zero-order valence-corrected chi connectivity index (χ0v) is 19.2. The minimum atomic E-state index is -4.14. The summed E-state index contributed by atoms with van der Waals surface area (Å²) in [6, 6.07) is 20.4. The second kappa shape index (κ2) is 9.11. The molecule has 0 radical (unpaired) electrons. The summed E-state index contributed by atoms with van der Waals surface area (Å²) >= 11 is 0. The number of carbonyl (C=O) groups excluding carboxylic acids is 1. The predicted octanol–water partition coefficient (Wildman–Crippen LogP) is 4.40. The van der Waals surface area contributed by atoms with E-state index in [0.717, 1.165) is 5.56 Å². The lowest BCUT2D eigenvalue weighted by Gasteiger charge is -2.19. The maximum absolute atomic E-state index is 13.9. The molecule has 0 spiro atoms. The highest BCUT2D eigenvalue weighted by atomic mass is 32.2. The topological polar surface area (TPSA) is 113 Å². The van der Waals surface area contributed by atoms with E-state index >= 15 is 0 Å². The third-order valence-corrected chi connectivity index (χ3v) is 7.52. The Bertz CT molecular complexity index is 1360. The van der Waals surface area contributed by atoms with Gasteiger partial charge in [0.2, 0.25) is 15.9 Å². The highest BCUT2D eigenvalue weighted by molar-refractivity contribution is 7.95. The van der Waals surface area contributed by atoms with E-state index in [-0.39, 0.29) is 21.2 Å². The molecule has 4 rings (SSSR count). The molecule has 0 unspecified atom stereocenters. The number of methoxy groups -OCH3 is 1. The number of benzene rings is 3. The maximum atomic E-state index is 13.9. The van der Waals surface area contributed by atoms with E-state index in [2.05, 4.69) is 0 Å². The van der Waals surface area contributed by atoms with Crippen LogP contribution in [-0.2, 0) is 24.1 Å². The number of rotatable bonds is 6. The number of nitro groups is 1. The molecule has 0 fully saturated rings. The lowest BCUT2D eigenvalue weighted by atomic mass is 9.93. The van der Waals surface area contributed by atoms with E-state index in [0.29, 0.717) is 11.1 Å². The van der Waals surface area contributed by atoms with Crippen LogP contribution in [0.3, 0.4) is 0 Å². The standard InChI is InChI=1S/C25H21NO7S/c1-16-8-14-20(15-9-16)34(30,31)24-21(17-10-12-19(13-11-17)26(28)29)23(25(27)32-2)33-22(24)18-6-4-3-5-7-18/h3-15,21,23H,1-2H3/t21-,23+/m1/s1. The van der Waals surface area contributed by atoms with E-state index in [1.54, 1.807) is 42.5 Å². The molecule has 2 atom stereocenters. The molecule has 1 aliphatic rings. The van der Waals surface area contributed by atoms with E-state index < -0.39 is 32.8 Å².